The van der Waals surface area contributed by atoms with Crippen LogP contribution in [0.2, 0.25) is 5.02 Å². The number of amides is 1. The summed E-state index contributed by atoms with van der Waals surface area (Å²) >= 11 is 5.78. The van der Waals surface area contributed by atoms with Crippen molar-refractivity contribution < 1.29 is 22.3 Å². The zero-order valence-electron chi connectivity index (χ0n) is 14.9. The van der Waals surface area contributed by atoms with Gasteiger partial charge in [0.25, 0.3) is 15.9 Å². The molecule has 0 aliphatic carbocycles. The predicted molar refractivity (Wildman–Crippen MR) is 109 cm³/mol. The standard InChI is InChI=1S/C20H16ClFN2O4S/c21-14-1-9-18(10-2-14)28-13-20(25)23-16-5-7-17(8-6-16)24-29(26,27)19-11-3-15(22)4-12-19/h1-12,24H,13H2,(H,23,25). The molecule has 150 valence electrons. The molecule has 0 atom stereocenters. The van der Waals surface area contributed by atoms with Gasteiger partial charge in [0.2, 0.25) is 0 Å². The molecule has 3 rings (SSSR count). The largest absolute Gasteiger partial charge is 0.484 e. The highest BCUT2D eigenvalue weighted by molar-refractivity contribution is 7.92. The molecule has 3 aromatic rings. The monoisotopic (exact) mass is 434 g/mol. The van der Waals surface area contributed by atoms with Crippen LogP contribution in [0.25, 0.3) is 0 Å². The number of anilines is 2. The average Bonchev–Trinajstić information content (AvgIpc) is 2.69. The van der Waals surface area contributed by atoms with Crippen LogP contribution < -0.4 is 14.8 Å². The van der Waals surface area contributed by atoms with E-state index in [1.807, 2.05) is 0 Å². The molecule has 0 saturated carbocycles. The average molecular weight is 435 g/mol. The van der Waals surface area contributed by atoms with Crippen molar-refractivity contribution in [3.05, 3.63) is 83.6 Å². The summed E-state index contributed by atoms with van der Waals surface area (Å²) in [5.41, 5.74) is 0.768. The fourth-order valence-corrected chi connectivity index (χ4v) is 3.51. The van der Waals surface area contributed by atoms with Crippen LogP contribution in [0.3, 0.4) is 0 Å². The quantitative estimate of drug-likeness (QED) is 0.580. The van der Waals surface area contributed by atoms with Crippen LogP contribution in [0.1, 0.15) is 0 Å². The second-order valence-electron chi connectivity index (χ2n) is 5.93. The van der Waals surface area contributed by atoms with E-state index < -0.39 is 15.8 Å². The van der Waals surface area contributed by atoms with E-state index in [9.17, 15) is 17.6 Å². The van der Waals surface area contributed by atoms with Gasteiger partial charge in [-0.15, -0.1) is 0 Å². The van der Waals surface area contributed by atoms with Crippen LogP contribution in [0.15, 0.2) is 77.7 Å². The molecule has 0 aliphatic rings. The van der Waals surface area contributed by atoms with Crippen molar-refractivity contribution in [2.24, 2.45) is 0 Å². The molecule has 2 N–H and O–H groups in total. The number of nitrogens with one attached hydrogen (secondary N) is 2. The minimum Gasteiger partial charge on any atom is -0.484 e. The van der Waals surface area contributed by atoms with Gasteiger partial charge in [-0.3, -0.25) is 9.52 Å². The number of sulfonamides is 1. The third-order valence-corrected chi connectivity index (χ3v) is 5.38. The Bertz CT molecular complexity index is 1090. The van der Waals surface area contributed by atoms with E-state index >= 15 is 0 Å². The first-order chi connectivity index (χ1) is 13.8. The van der Waals surface area contributed by atoms with Crippen molar-refractivity contribution in [3.8, 4) is 5.75 Å². The van der Waals surface area contributed by atoms with Gasteiger partial charge in [0.15, 0.2) is 6.61 Å². The number of benzene rings is 3. The molecule has 0 spiro atoms. The molecule has 3 aromatic carbocycles. The smallest absolute Gasteiger partial charge is 0.262 e. The van der Waals surface area contributed by atoms with Gasteiger partial charge in [-0.25, -0.2) is 12.8 Å². The summed E-state index contributed by atoms with van der Waals surface area (Å²) < 4.78 is 45.3. The highest BCUT2D eigenvalue weighted by Crippen LogP contribution is 2.19. The minimum absolute atomic E-state index is 0.0596. The molecule has 0 bridgehead atoms. The van der Waals surface area contributed by atoms with E-state index in [-0.39, 0.29) is 17.4 Å². The van der Waals surface area contributed by atoms with E-state index in [2.05, 4.69) is 10.0 Å². The lowest BCUT2D eigenvalue weighted by molar-refractivity contribution is -0.118. The Kier molecular flexibility index (Phi) is 6.36. The summed E-state index contributed by atoms with van der Waals surface area (Å²) in [7, 11) is -3.84. The number of halogens is 2. The van der Waals surface area contributed by atoms with Gasteiger partial charge in [-0.2, -0.15) is 0 Å². The Hall–Kier alpha value is -3.10. The van der Waals surface area contributed by atoms with Gasteiger partial charge in [0, 0.05) is 16.4 Å². The van der Waals surface area contributed by atoms with Crippen molar-refractivity contribution in [2.75, 3.05) is 16.6 Å². The summed E-state index contributed by atoms with van der Waals surface area (Å²) in [4.78, 5) is 11.9. The first kappa shape index (κ1) is 20.6. The van der Waals surface area contributed by atoms with E-state index in [1.54, 1.807) is 36.4 Å². The predicted octanol–water partition coefficient (Wildman–Crippen LogP) is 4.30. The Balaban J connectivity index is 1.56. The van der Waals surface area contributed by atoms with Crippen molar-refractivity contribution >= 4 is 38.9 Å². The van der Waals surface area contributed by atoms with E-state index in [1.165, 1.54) is 24.3 Å². The molecule has 0 heterocycles. The van der Waals surface area contributed by atoms with Crippen LogP contribution in [-0.2, 0) is 14.8 Å². The maximum absolute atomic E-state index is 13.0. The topological polar surface area (TPSA) is 84.5 Å². The maximum atomic E-state index is 13.0. The highest BCUT2D eigenvalue weighted by atomic mass is 35.5. The first-order valence-corrected chi connectivity index (χ1v) is 10.2. The van der Waals surface area contributed by atoms with E-state index in [4.69, 9.17) is 16.3 Å². The van der Waals surface area contributed by atoms with Gasteiger partial charge in [-0.1, -0.05) is 11.6 Å². The highest BCUT2D eigenvalue weighted by Gasteiger charge is 2.14. The van der Waals surface area contributed by atoms with Gasteiger partial charge < -0.3 is 10.1 Å². The zero-order chi connectivity index (χ0) is 20.9. The van der Waals surface area contributed by atoms with Gasteiger partial charge in [0.05, 0.1) is 4.90 Å². The maximum Gasteiger partial charge on any atom is 0.262 e. The van der Waals surface area contributed by atoms with E-state index in [0.717, 1.165) is 12.1 Å². The number of rotatable bonds is 7. The Morgan fingerprint density at radius 2 is 1.48 bits per heavy atom. The minimum atomic E-state index is -3.84. The lowest BCUT2D eigenvalue weighted by Gasteiger charge is -2.10. The van der Waals surface area contributed by atoms with Gasteiger partial charge in [0.1, 0.15) is 11.6 Å². The number of hydrogen-bond acceptors (Lipinski definition) is 4. The second kappa shape index (κ2) is 8.93. The second-order valence-corrected chi connectivity index (χ2v) is 8.05. The normalized spacial score (nSPS) is 11.0. The third kappa shape index (κ3) is 5.94. The Labute approximate surface area is 172 Å². The molecule has 0 radical (unpaired) electrons. The van der Waals surface area contributed by atoms with Crippen LogP contribution in [0.5, 0.6) is 5.75 Å². The molecule has 0 unspecified atom stereocenters. The van der Waals surface area contributed by atoms with E-state index in [0.29, 0.717) is 22.1 Å². The van der Waals surface area contributed by atoms with Crippen LogP contribution >= 0.6 is 11.6 Å². The van der Waals surface area contributed by atoms with Gasteiger partial charge >= 0.3 is 0 Å². The fraction of sp³-hybridized carbons (Fsp3) is 0.0500. The molecule has 0 fully saturated rings. The number of carbonyl (C=O) groups is 1. The molecular formula is C20H16ClFN2O4S. The summed E-state index contributed by atoms with van der Waals surface area (Å²) in [6, 6.07) is 17.2. The van der Waals surface area contributed by atoms with Crippen LogP contribution in [0, 0.1) is 5.82 Å². The molecule has 0 aliphatic heterocycles. The summed E-state index contributed by atoms with van der Waals surface area (Å²) in [5, 5.41) is 3.21. The Morgan fingerprint density at radius 3 is 2.10 bits per heavy atom. The molecule has 0 saturated heterocycles. The van der Waals surface area contributed by atoms with Crippen molar-refractivity contribution in [1.29, 1.82) is 0 Å². The van der Waals surface area contributed by atoms with Crippen molar-refractivity contribution in [3.63, 3.8) is 0 Å². The van der Waals surface area contributed by atoms with Crippen molar-refractivity contribution in [2.45, 2.75) is 4.90 Å². The zero-order valence-corrected chi connectivity index (χ0v) is 16.5. The third-order valence-electron chi connectivity index (χ3n) is 3.73. The van der Waals surface area contributed by atoms with Crippen LogP contribution in [-0.4, -0.2) is 20.9 Å². The number of hydrogen-bond donors (Lipinski definition) is 2. The lowest BCUT2D eigenvalue weighted by atomic mass is 10.3. The summed E-state index contributed by atoms with van der Waals surface area (Å²) in [5.74, 6) is -0.390. The first-order valence-electron chi connectivity index (χ1n) is 8.38. The lowest BCUT2D eigenvalue weighted by Crippen LogP contribution is -2.20. The molecule has 0 aromatic heterocycles. The fourth-order valence-electron chi connectivity index (χ4n) is 2.33. The molecular weight excluding hydrogens is 419 g/mol. The molecule has 6 nitrogen and oxygen atoms in total. The molecule has 29 heavy (non-hydrogen) atoms. The summed E-state index contributed by atoms with van der Waals surface area (Å²) in [6.07, 6.45) is 0. The molecule has 1 amide bonds. The number of carbonyl (C=O) groups excluding carboxylic acids is 1. The number of ether oxygens (including phenoxy) is 1. The SMILES string of the molecule is O=C(COc1ccc(Cl)cc1)Nc1ccc(NS(=O)(=O)c2ccc(F)cc2)cc1. The van der Waals surface area contributed by atoms with Crippen molar-refractivity contribution in [1.82, 2.24) is 0 Å². The Morgan fingerprint density at radius 1 is 0.897 bits per heavy atom. The van der Waals surface area contributed by atoms with Crippen LogP contribution in [0.4, 0.5) is 15.8 Å². The molecule has 9 heteroatoms. The summed E-state index contributed by atoms with van der Waals surface area (Å²) in [6.45, 7) is -0.194. The van der Waals surface area contributed by atoms with Gasteiger partial charge in [-0.05, 0) is 72.8 Å².